The molecule has 1 aromatic rings. The number of hydrogen-bond acceptors (Lipinski definition) is 3. The van der Waals surface area contributed by atoms with Gasteiger partial charge < -0.3 is 10.1 Å². The van der Waals surface area contributed by atoms with Gasteiger partial charge in [-0.25, -0.2) is 0 Å². The van der Waals surface area contributed by atoms with Gasteiger partial charge in [-0.15, -0.1) is 0 Å². The first-order valence-electron chi connectivity index (χ1n) is 6.62. The molecule has 2 rings (SSSR count). The molecule has 102 valence electrons. The maximum atomic E-state index is 5.94. The Balaban J connectivity index is 1.83. The number of nitrogens with zero attached hydrogens (tertiary/aromatic N) is 2. The minimum absolute atomic E-state index is 0.426. The van der Waals surface area contributed by atoms with Crippen molar-refractivity contribution in [1.29, 1.82) is 0 Å². The van der Waals surface area contributed by atoms with Gasteiger partial charge in [0.1, 0.15) is 0 Å². The van der Waals surface area contributed by atoms with Crippen molar-refractivity contribution in [3.8, 4) is 0 Å². The van der Waals surface area contributed by atoms with Crippen LogP contribution in [-0.4, -0.2) is 29.5 Å². The van der Waals surface area contributed by atoms with Crippen molar-refractivity contribution in [2.45, 2.75) is 38.9 Å². The molecule has 18 heavy (non-hydrogen) atoms. The highest BCUT2D eigenvalue weighted by molar-refractivity contribution is 9.10. The fourth-order valence-electron chi connectivity index (χ4n) is 2.44. The van der Waals surface area contributed by atoms with Crippen molar-refractivity contribution in [1.82, 2.24) is 15.1 Å². The minimum atomic E-state index is 0.426. The summed E-state index contributed by atoms with van der Waals surface area (Å²) in [7, 11) is 3.99. The highest BCUT2D eigenvalue weighted by Crippen LogP contribution is 2.31. The molecule has 0 atom stereocenters. The van der Waals surface area contributed by atoms with Crippen LogP contribution in [0.5, 0.6) is 0 Å². The number of hydrogen-bond donors (Lipinski definition) is 1. The van der Waals surface area contributed by atoms with Crippen LogP contribution in [0.15, 0.2) is 4.47 Å². The molecule has 0 aromatic carbocycles. The Morgan fingerprint density at radius 2 is 2.22 bits per heavy atom. The summed E-state index contributed by atoms with van der Waals surface area (Å²) in [6, 6.07) is 0. The van der Waals surface area contributed by atoms with Crippen LogP contribution < -0.4 is 5.32 Å². The van der Waals surface area contributed by atoms with Crippen LogP contribution in [0.3, 0.4) is 0 Å². The Morgan fingerprint density at radius 1 is 1.50 bits per heavy atom. The fraction of sp³-hybridized carbons (Fsp3) is 0.769. The lowest BCUT2D eigenvalue weighted by Gasteiger charge is -2.35. The van der Waals surface area contributed by atoms with Crippen LogP contribution in [0.25, 0.3) is 0 Å². The van der Waals surface area contributed by atoms with E-state index >= 15 is 0 Å². The molecule has 1 aliphatic rings. The number of aryl methyl sites for hydroxylation is 2. The smallest absolute Gasteiger partial charge is 0.0900 e. The van der Waals surface area contributed by atoms with E-state index in [-0.39, 0.29) is 0 Å². The number of aromatic nitrogens is 2. The Labute approximate surface area is 117 Å². The van der Waals surface area contributed by atoms with Crippen LogP contribution in [-0.2, 0) is 24.8 Å². The molecule has 0 unspecified atom stereocenters. The third kappa shape index (κ3) is 2.95. The summed E-state index contributed by atoms with van der Waals surface area (Å²) in [6.45, 7) is 3.88. The van der Waals surface area contributed by atoms with E-state index < -0.39 is 0 Å². The maximum Gasteiger partial charge on any atom is 0.0900 e. The lowest BCUT2D eigenvalue weighted by molar-refractivity contribution is -0.0413. The van der Waals surface area contributed by atoms with E-state index in [4.69, 9.17) is 4.74 Å². The molecule has 5 heteroatoms. The third-order valence-corrected chi connectivity index (χ3v) is 4.56. The van der Waals surface area contributed by atoms with E-state index in [1.54, 1.807) is 0 Å². The molecular formula is C13H22BrN3O. The van der Waals surface area contributed by atoms with E-state index in [1.807, 2.05) is 18.8 Å². The van der Waals surface area contributed by atoms with Gasteiger partial charge in [-0.2, -0.15) is 5.10 Å². The van der Waals surface area contributed by atoms with Crippen LogP contribution in [0.1, 0.15) is 31.2 Å². The van der Waals surface area contributed by atoms with Crippen LogP contribution in [0, 0.1) is 5.92 Å². The van der Waals surface area contributed by atoms with Gasteiger partial charge in [-0.05, 0) is 54.7 Å². The summed E-state index contributed by atoms with van der Waals surface area (Å²) in [4.78, 5) is 0. The number of rotatable bonds is 6. The van der Waals surface area contributed by atoms with Gasteiger partial charge in [0.15, 0.2) is 0 Å². The van der Waals surface area contributed by atoms with Crippen molar-refractivity contribution in [2.24, 2.45) is 13.0 Å². The molecule has 0 saturated heterocycles. The number of nitrogens with one attached hydrogen (secondary N) is 1. The summed E-state index contributed by atoms with van der Waals surface area (Å²) in [5.41, 5.74) is 2.25. The fourth-order valence-corrected chi connectivity index (χ4v) is 3.17. The monoisotopic (exact) mass is 315 g/mol. The molecule has 1 fully saturated rings. The molecule has 1 saturated carbocycles. The average molecular weight is 316 g/mol. The number of halogens is 1. The summed E-state index contributed by atoms with van der Waals surface area (Å²) in [6.07, 6.45) is 3.73. The minimum Gasteiger partial charge on any atom is -0.372 e. The summed E-state index contributed by atoms with van der Waals surface area (Å²) in [5.74, 6) is 0.793. The lowest BCUT2D eigenvalue weighted by atomic mass is 9.82. The van der Waals surface area contributed by atoms with E-state index in [1.165, 1.54) is 12.8 Å². The highest BCUT2D eigenvalue weighted by Gasteiger charge is 2.29. The summed E-state index contributed by atoms with van der Waals surface area (Å²) >= 11 is 3.62. The topological polar surface area (TPSA) is 39.1 Å². The first kappa shape index (κ1) is 14.0. The average Bonchev–Trinajstić information content (AvgIpc) is 2.58. The Bertz CT molecular complexity index is 399. The standard InChI is InChI=1S/C13H22BrN3O/c1-4-11-13(14)12(17(3)16-11)8-18-10-5-9(6-10)7-15-2/h9-10,15H,4-8H2,1-3H3. The van der Waals surface area contributed by atoms with Crippen LogP contribution in [0.2, 0.25) is 0 Å². The van der Waals surface area contributed by atoms with E-state index in [0.29, 0.717) is 12.7 Å². The third-order valence-electron chi connectivity index (χ3n) is 3.64. The van der Waals surface area contributed by atoms with Crippen LogP contribution >= 0.6 is 15.9 Å². The Kier molecular flexibility index (Phi) is 4.81. The zero-order chi connectivity index (χ0) is 13.1. The van der Waals surface area contributed by atoms with Crippen molar-refractivity contribution in [3.05, 3.63) is 15.9 Å². The second kappa shape index (κ2) is 6.17. The molecule has 1 heterocycles. The van der Waals surface area contributed by atoms with E-state index in [2.05, 4.69) is 33.3 Å². The van der Waals surface area contributed by atoms with Crippen molar-refractivity contribution in [3.63, 3.8) is 0 Å². The molecule has 1 aromatic heterocycles. The maximum absolute atomic E-state index is 5.94. The Morgan fingerprint density at radius 3 is 2.78 bits per heavy atom. The predicted molar refractivity (Wildman–Crippen MR) is 75.5 cm³/mol. The number of ether oxygens (including phenoxy) is 1. The molecule has 1 N–H and O–H groups in total. The lowest BCUT2D eigenvalue weighted by Crippen LogP contribution is -2.36. The predicted octanol–water partition coefficient (Wildman–Crippen LogP) is 2.26. The zero-order valence-electron chi connectivity index (χ0n) is 11.4. The largest absolute Gasteiger partial charge is 0.372 e. The molecule has 0 amide bonds. The van der Waals surface area contributed by atoms with Gasteiger partial charge in [-0.1, -0.05) is 6.92 Å². The quantitative estimate of drug-likeness (QED) is 0.875. The molecule has 0 bridgehead atoms. The van der Waals surface area contributed by atoms with Crippen molar-refractivity contribution in [2.75, 3.05) is 13.6 Å². The molecule has 1 aliphatic carbocycles. The first-order valence-corrected chi connectivity index (χ1v) is 7.41. The normalized spacial score (nSPS) is 23.1. The molecule has 0 spiro atoms. The van der Waals surface area contributed by atoms with Crippen molar-refractivity contribution < 1.29 is 4.74 Å². The summed E-state index contributed by atoms with van der Waals surface area (Å²) in [5, 5.41) is 7.69. The summed E-state index contributed by atoms with van der Waals surface area (Å²) < 4.78 is 8.97. The zero-order valence-corrected chi connectivity index (χ0v) is 13.0. The van der Waals surface area contributed by atoms with E-state index in [0.717, 1.165) is 34.7 Å². The highest BCUT2D eigenvalue weighted by atomic mass is 79.9. The first-order chi connectivity index (χ1) is 8.65. The molecular weight excluding hydrogens is 294 g/mol. The van der Waals surface area contributed by atoms with Crippen LogP contribution in [0.4, 0.5) is 0 Å². The van der Waals surface area contributed by atoms with Gasteiger partial charge in [0, 0.05) is 7.05 Å². The van der Waals surface area contributed by atoms with Gasteiger partial charge in [-0.3, -0.25) is 4.68 Å². The molecule has 4 nitrogen and oxygen atoms in total. The Hall–Kier alpha value is -0.390. The van der Waals surface area contributed by atoms with Gasteiger partial charge in [0.05, 0.1) is 28.6 Å². The van der Waals surface area contributed by atoms with Gasteiger partial charge >= 0.3 is 0 Å². The van der Waals surface area contributed by atoms with Gasteiger partial charge in [0.2, 0.25) is 0 Å². The second-order valence-electron chi connectivity index (χ2n) is 5.01. The van der Waals surface area contributed by atoms with E-state index in [9.17, 15) is 0 Å². The second-order valence-corrected chi connectivity index (χ2v) is 5.81. The molecule has 0 aliphatic heterocycles. The van der Waals surface area contributed by atoms with Crippen molar-refractivity contribution >= 4 is 15.9 Å². The SMILES string of the molecule is CCc1nn(C)c(COC2CC(CNC)C2)c1Br. The van der Waals surface area contributed by atoms with Gasteiger partial charge in [0.25, 0.3) is 0 Å². The molecule has 0 radical (unpaired) electrons.